The zero-order valence-corrected chi connectivity index (χ0v) is 18.7. The number of benzene rings is 1. The van der Waals surface area contributed by atoms with Gasteiger partial charge in [-0.15, -0.1) is 0 Å². The Bertz CT molecular complexity index is 807. The molecule has 4 atom stereocenters. The summed E-state index contributed by atoms with van der Waals surface area (Å²) in [6, 6.07) is 5.64. The monoisotopic (exact) mass is 478 g/mol. The van der Waals surface area contributed by atoms with Crippen LogP contribution >= 0.6 is 0 Å². The molecular weight excluding hydrogens is 448 g/mol. The Kier molecular flexibility index (Phi) is 12.6. The standard InChI is InChI=1S/C24H30O10/c1-3-19(27)21(29)11-9-15(25)13-33-23(31)17-7-5-6-8-18(17)24(32)34-14-16(26)10-12-22(30)20(28)4-2/h3-8,15-16,21-22,25-26,29-30H,1-2,9-14H2. The molecule has 4 unspecified atom stereocenters. The Morgan fingerprint density at radius 3 is 1.38 bits per heavy atom. The van der Waals surface area contributed by atoms with Crippen LogP contribution in [0, 0.1) is 0 Å². The molecule has 1 rings (SSSR count). The fraction of sp³-hybridized carbons (Fsp3) is 0.417. The molecule has 0 aliphatic heterocycles. The average molecular weight is 478 g/mol. The van der Waals surface area contributed by atoms with Gasteiger partial charge in [-0.1, -0.05) is 25.3 Å². The third-order valence-electron chi connectivity index (χ3n) is 4.79. The minimum atomic E-state index is -1.31. The molecule has 0 bridgehead atoms. The Morgan fingerprint density at radius 1 is 0.706 bits per heavy atom. The number of aliphatic hydroxyl groups is 4. The van der Waals surface area contributed by atoms with Crippen LogP contribution in [0.2, 0.25) is 0 Å². The number of esters is 2. The van der Waals surface area contributed by atoms with E-state index in [1.165, 1.54) is 24.3 Å². The largest absolute Gasteiger partial charge is 0.459 e. The molecule has 10 nitrogen and oxygen atoms in total. The van der Waals surface area contributed by atoms with Gasteiger partial charge >= 0.3 is 11.9 Å². The van der Waals surface area contributed by atoms with Gasteiger partial charge in [-0.25, -0.2) is 9.59 Å². The summed E-state index contributed by atoms with van der Waals surface area (Å²) >= 11 is 0. The van der Waals surface area contributed by atoms with Crippen LogP contribution in [0.4, 0.5) is 0 Å². The number of carbonyl (C=O) groups is 4. The molecule has 1 aromatic carbocycles. The first-order chi connectivity index (χ1) is 16.1. The van der Waals surface area contributed by atoms with E-state index in [9.17, 15) is 39.6 Å². The lowest BCUT2D eigenvalue weighted by Gasteiger charge is -2.15. The molecule has 186 valence electrons. The maximum Gasteiger partial charge on any atom is 0.339 e. The van der Waals surface area contributed by atoms with Crippen molar-refractivity contribution in [3.8, 4) is 0 Å². The maximum absolute atomic E-state index is 12.4. The van der Waals surface area contributed by atoms with Crippen LogP contribution in [-0.4, -0.2) is 81.6 Å². The van der Waals surface area contributed by atoms with E-state index in [2.05, 4.69) is 13.2 Å². The summed E-state index contributed by atoms with van der Waals surface area (Å²) in [7, 11) is 0. The van der Waals surface area contributed by atoms with Crippen molar-refractivity contribution in [1.29, 1.82) is 0 Å². The topological polar surface area (TPSA) is 168 Å². The summed E-state index contributed by atoms with van der Waals surface area (Å²) in [5.41, 5.74) is -0.244. The maximum atomic E-state index is 12.4. The Labute approximate surface area is 197 Å². The van der Waals surface area contributed by atoms with Gasteiger partial charge in [0, 0.05) is 0 Å². The highest BCUT2D eigenvalue weighted by Crippen LogP contribution is 2.14. The Morgan fingerprint density at radius 2 is 1.06 bits per heavy atom. The highest BCUT2D eigenvalue weighted by molar-refractivity contribution is 6.03. The Hall–Kier alpha value is -3.18. The highest BCUT2D eigenvalue weighted by atomic mass is 16.5. The molecule has 34 heavy (non-hydrogen) atoms. The van der Waals surface area contributed by atoms with Crippen LogP contribution in [0.15, 0.2) is 49.6 Å². The van der Waals surface area contributed by atoms with Gasteiger partial charge in [0.1, 0.15) is 25.4 Å². The van der Waals surface area contributed by atoms with E-state index in [1.807, 2.05) is 0 Å². The molecule has 0 amide bonds. The highest BCUT2D eigenvalue weighted by Gasteiger charge is 2.22. The smallest absolute Gasteiger partial charge is 0.339 e. The first kappa shape index (κ1) is 28.9. The molecule has 0 spiro atoms. The molecule has 0 aliphatic carbocycles. The van der Waals surface area contributed by atoms with Gasteiger partial charge < -0.3 is 29.9 Å². The molecule has 1 aromatic rings. The van der Waals surface area contributed by atoms with Gasteiger partial charge in [0.15, 0.2) is 11.6 Å². The predicted octanol–water partition coefficient (Wildman–Crippen LogP) is 0.514. The number of rotatable bonds is 16. The molecule has 0 saturated heterocycles. The summed E-state index contributed by atoms with van der Waals surface area (Å²) < 4.78 is 10.0. The summed E-state index contributed by atoms with van der Waals surface area (Å²) in [5, 5.41) is 39.0. The van der Waals surface area contributed by atoms with E-state index in [0.717, 1.165) is 12.2 Å². The van der Waals surface area contributed by atoms with E-state index < -0.39 is 61.1 Å². The van der Waals surface area contributed by atoms with Crippen molar-refractivity contribution in [2.24, 2.45) is 0 Å². The lowest BCUT2D eigenvalue weighted by molar-refractivity contribution is -0.123. The zero-order chi connectivity index (χ0) is 25.7. The summed E-state index contributed by atoms with van der Waals surface area (Å²) in [4.78, 5) is 47.3. The van der Waals surface area contributed by atoms with Crippen LogP contribution in [-0.2, 0) is 19.1 Å². The molecule has 0 fully saturated rings. The van der Waals surface area contributed by atoms with Crippen molar-refractivity contribution in [2.45, 2.75) is 50.1 Å². The SMILES string of the molecule is C=CC(=O)C(O)CCC(O)COC(=O)c1ccccc1C(=O)OCC(O)CCC(O)C(=O)C=C. The molecule has 0 saturated carbocycles. The zero-order valence-electron chi connectivity index (χ0n) is 18.7. The quantitative estimate of drug-likeness (QED) is 0.194. The number of carbonyl (C=O) groups excluding carboxylic acids is 4. The summed E-state index contributed by atoms with van der Waals surface area (Å²) in [5.74, 6) is -2.96. The summed E-state index contributed by atoms with van der Waals surface area (Å²) in [6.07, 6.45) is -3.08. The van der Waals surface area contributed by atoms with Crippen molar-refractivity contribution in [3.05, 3.63) is 60.7 Å². The number of ketones is 2. The fourth-order valence-electron chi connectivity index (χ4n) is 2.76. The van der Waals surface area contributed by atoms with Crippen LogP contribution in [0.1, 0.15) is 46.4 Å². The molecule has 4 N–H and O–H groups in total. The molecule has 0 aliphatic rings. The second-order valence-electron chi connectivity index (χ2n) is 7.45. The number of aliphatic hydroxyl groups excluding tert-OH is 4. The molecular formula is C24H30O10. The van der Waals surface area contributed by atoms with Gasteiger partial charge in [-0.2, -0.15) is 0 Å². The van der Waals surface area contributed by atoms with Crippen LogP contribution in [0.3, 0.4) is 0 Å². The van der Waals surface area contributed by atoms with Crippen LogP contribution < -0.4 is 0 Å². The first-order valence-electron chi connectivity index (χ1n) is 10.6. The molecule has 10 heteroatoms. The van der Waals surface area contributed by atoms with Crippen molar-refractivity contribution in [2.75, 3.05) is 13.2 Å². The number of hydrogen-bond donors (Lipinski definition) is 4. The third-order valence-corrected chi connectivity index (χ3v) is 4.79. The van der Waals surface area contributed by atoms with Crippen molar-refractivity contribution in [1.82, 2.24) is 0 Å². The minimum Gasteiger partial charge on any atom is -0.459 e. The Balaban J connectivity index is 2.59. The number of hydrogen-bond acceptors (Lipinski definition) is 10. The average Bonchev–Trinajstić information content (AvgIpc) is 2.86. The van der Waals surface area contributed by atoms with Gasteiger partial charge in [0.05, 0.1) is 23.3 Å². The number of ether oxygens (including phenoxy) is 2. The van der Waals surface area contributed by atoms with Gasteiger partial charge in [-0.05, 0) is 50.0 Å². The summed E-state index contributed by atoms with van der Waals surface area (Å²) in [6.45, 7) is 5.65. The van der Waals surface area contributed by atoms with Gasteiger partial charge in [-0.3, -0.25) is 9.59 Å². The first-order valence-corrected chi connectivity index (χ1v) is 10.6. The van der Waals surface area contributed by atoms with Crippen molar-refractivity contribution < 1.29 is 49.1 Å². The van der Waals surface area contributed by atoms with Crippen molar-refractivity contribution >= 4 is 23.5 Å². The van der Waals surface area contributed by atoms with Crippen molar-refractivity contribution in [3.63, 3.8) is 0 Å². The molecule has 0 aromatic heterocycles. The van der Waals surface area contributed by atoms with E-state index in [1.54, 1.807) is 0 Å². The molecule has 0 heterocycles. The molecule has 0 radical (unpaired) electrons. The second-order valence-corrected chi connectivity index (χ2v) is 7.45. The van der Waals surface area contributed by atoms with E-state index >= 15 is 0 Å². The minimum absolute atomic E-state index is 0.0112. The fourth-order valence-corrected chi connectivity index (χ4v) is 2.76. The predicted molar refractivity (Wildman–Crippen MR) is 120 cm³/mol. The van der Waals surface area contributed by atoms with E-state index in [4.69, 9.17) is 9.47 Å². The van der Waals surface area contributed by atoms with Crippen LogP contribution in [0.5, 0.6) is 0 Å². The lowest BCUT2D eigenvalue weighted by Crippen LogP contribution is -2.25. The van der Waals surface area contributed by atoms with Crippen LogP contribution in [0.25, 0.3) is 0 Å². The van der Waals surface area contributed by atoms with E-state index in [0.29, 0.717) is 0 Å². The second kappa shape index (κ2) is 14.9. The third kappa shape index (κ3) is 9.75. The van der Waals surface area contributed by atoms with Gasteiger partial charge in [0.2, 0.25) is 0 Å². The van der Waals surface area contributed by atoms with Gasteiger partial charge in [0.25, 0.3) is 0 Å². The van der Waals surface area contributed by atoms with E-state index in [-0.39, 0.29) is 36.8 Å². The normalized spacial score (nSPS) is 14.2. The lowest BCUT2D eigenvalue weighted by atomic mass is 10.1.